The van der Waals surface area contributed by atoms with E-state index in [-0.39, 0.29) is 21.1 Å². The van der Waals surface area contributed by atoms with Crippen LogP contribution in [0.2, 0.25) is 0 Å². The fourth-order valence-corrected chi connectivity index (χ4v) is 10.6. The lowest BCUT2D eigenvalue weighted by Crippen LogP contribution is -2.40. The van der Waals surface area contributed by atoms with E-state index in [0.29, 0.717) is 0 Å². The van der Waals surface area contributed by atoms with Crippen LogP contribution in [0.1, 0.15) is 79.5 Å². The summed E-state index contributed by atoms with van der Waals surface area (Å²) in [7, 11) is 0.338. The van der Waals surface area contributed by atoms with Gasteiger partial charge in [-0.25, -0.2) is 8.51 Å². The largest absolute Gasteiger partial charge is 0.242 e. The maximum atomic E-state index is 13.7. The zero-order chi connectivity index (χ0) is 25.5. The quantitative estimate of drug-likeness (QED) is 0.328. The van der Waals surface area contributed by atoms with Crippen molar-refractivity contribution in [2.45, 2.75) is 83.4 Å². The molecule has 1 unspecified atom stereocenters. The van der Waals surface area contributed by atoms with Gasteiger partial charge in [0.2, 0.25) is 0 Å². The Bertz CT molecular complexity index is 1150. The van der Waals surface area contributed by atoms with E-state index in [1.54, 1.807) is 0 Å². The lowest BCUT2D eigenvalue weighted by atomic mass is 9.96. The van der Waals surface area contributed by atoms with Crippen LogP contribution in [0.5, 0.6) is 0 Å². The Balaban J connectivity index is 2.31. The molecule has 0 spiro atoms. The fourth-order valence-electron chi connectivity index (χ4n) is 5.14. The summed E-state index contributed by atoms with van der Waals surface area (Å²) in [5, 5.41) is 4.13. The van der Waals surface area contributed by atoms with E-state index in [0.717, 1.165) is 0 Å². The van der Waals surface area contributed by atoms with Crippen LogP contribution >= 0.6 is 7.92 Å². The summed E-state index contributed by atoms with van der Waals surface area (Å²) >= 11 is 0. The third-order valence-corrected chi connectivity index (χ3v) is 11.4. The lowest BCUT2D eigenvalue weighted by Gasteiger charge is -2.44. The van der Waals surface area contributed by atoms with Crippen LogP contribution in [0.15, 0.2) is 66.7 Å². The molecule has 3 aromatic carbocycles. The topological polar surface area (TPSA) is 20.3 Å². The highest BCUT2D eigenvalue weighted by Gasteiger charge is 2.39. The van der Waals surface area contributed by atoms with Crippen molar-refractivity contribution in [3.8, 4) is 0 Å². The van der Waals surface area contributed by atoms with Gasteiger partial charge in [-0.05, 0) is 64.4 Å². The summed E-state index contributed by atoms with van der Waals surface area (Å²) in [6.45, 7) is 20.4. The van der Waals surface area contributed by atoms with Crippen LogP contribution in [0.25, 0.3) is 10.8 Å². The van der Waals surface area contributed by atoms with Gasteiger partial charge in [0, 0.05) is 7.05 Å². The van der Waals surface area contributed by atoms with Crippen LogP contribution in [0.3, 0.4) is 0 Å². The van der Waals surface area contributed by atoms with Crippen LogP contribution in [-0.4, -0.2) is 30.6 Å². The molecule has 0 saturated carbocycles. The minimum atomic E-state index is -1.17. The van der Waals surface area contributed by atoms with Gasteiger partial charge in [0.05, 0.1) is 10.8 Å². The SMILES string of the molecule is CN([C@H](c1ccc2ccccc2c1)c1ccccc1P(C(C)(C)C)C(C)(C)C)S(=O)C(C)(C)C. The highest BCUT2D eigenvalue weighted by Crippen LogP contribution is 2.59. The molecule has 0 radical (unpaired) electrons. The number of fused-ring (bicyclic) bond motifs is 1. The van der Waals surface area contributed by atoms with E-state index >= 15 is 0 Å². The summed E-state index contributed by atoms with van der Waals surface area (Å²) in [6.07, 6.45) is 0. The fraction of sp³-hybridized carbons (Fsp3) is 0.467. The second-order valence-electron chi connectivity index (χ2n) is 12.2. The Morgan fingerprint density at radius 1 is 0.735 bits per heavy atom. The third kappa shape index (κ3) is 5.81. The van der Waals surface area contributed by atoms with Crippen LogP contribution in [-0.2, 0) is 11.0 Å². The standard InChI is InChI=1S/C30H42NOPS/c1-28(2,3)33(29(4,5)6)26-18-14-13-17-25(26)27(31(10)34(32)30(7,8)9)24-20-19-22-15-11-12-16-23(22)21-24/h11-21,27H,1-10H3/t27-,34?/m1/s1. The van der Waals surface area contributed by atoms with Gasteiger partial charge >= 0.3 is 0 Å². The van der Waals surface area contributed by atoms with Gasteiger partial charge in [-0.1, -0.05) is 110 Å². The Hall–Kier alpha value is -1.54. The molecule has 3 rings (SSSR count). The summed E-state index contributed by atoms with van der Waals surface area (Å²) < 4.78 is 15.5. The van der Waals surface area contributed by atoms with Crippen molar-refractivity contribution in [1.29, 1.82) is 0 Å². The minimum Gasteiger partial charge on any atom is -0.242 e. The molecule has 184 valence electrons. The summed E-state index contributed by atoms with van der Waals surface area (Å²) in [5.74, 6) is 0. The molecule has 0 aliphatic heterocycles. The Labute approximate surface area is 211 Å². The van der Waals surface area contributed by atoms with E-state index in [1.165, 1.54) is 27.2 Å². The predicted molar refractivity (Wildman–Crippen MR) is 154 cm³/mol. The van der Waals surface area contributed by atoms with Crippen molar-refractivity contribution in [3.63, 3.8) is 0 Å². The van der Waals surface area contributed by atoms with Crippen LogP contribution in [0, 0.1) is 0 Å². The highest BCUT2D eigenvalue weighted by molar-refractivity contribution is 7.84. The minimum absolute atomic E-state index is 0.101. The molecule has 0 aliphatic rings. The molecular weight excluding hydrogens is 453 g/mol. The van der Waals surface area contributed by atoms with E-state index in [2.05, 4.69) is 133 Å². The van der Waals surface area contributed by atoms with Crippen LogP contribution < -0.4 is 5.30 Å². The molecule has 0 heterocycles. The first-order chi connectivity index (χ1) is 15.6. The lowest BCUT2D eigenvalue weighted by molar-refractivity contribution is 0.441. The number of nitrogens with zero attached hydrogens (tertiary/aromatic N) is 1. The van der Waals surface area contributed by atoms with Gasteiger partial charge in [-0.2, -0.15) is 0 Å². The zero-order valence-corrected chi connectivity index (χ0v) is 24.4. The van der Waals surface area contributed by atoms with Gasteiger partial charge in [-0.3, -0.25) is 0 Å². The molecule has 0 aliphatic carbocycles. The number of rotatable bonds is 5. The molecule has 2 atom stereocenters. The second-order valence-corrected chi connectivity index (χ2v) is 18.3. The Kier molecular flexibility index (Phi) is 7.83. The summed E-state index contributed by atoms with van der Waals surface area (Å²) in [4.78, 5) is 0. The molecule has 4 heteroatoms. The van der Waals surface area contributed by atoms with Crippen LogP contribution in [0.4, 0.5) is 0 Å². The van der Waals surface area contributed by atoms with Crippen molar-refractivity contribution in [1.82, 2.24) is 4.31 Å². The van der Waals surface area contributed by atoms with E-state index < -0.39 is 18.9 Å². The van der Waals surface area contributed by atoms with Gasteiger partial charge < -0.3 is 0 Å². The summed E-state index contributed by atoms with van der Waals surface area (Å²) in [5.41, 5.74) is 2.46. The van der Waals surface area contributed by atoms with Crippen molar-refractivity contribution in [3.05, 3.63) is 77.9 Å². The normalized spacial score (nSPS) is 15.2. The molecule has 3 aromatic rings. The maximum absolute atomic E-state index is 13.7. The predicted octanol–water partition coefficient (Wildman–Crippen LogP) is 8.03. The summed E-state index contributed by atoms with van der Waals surface area (Å²) in [6, 6.07) is 24.0. The molecule has 0 fully saturated rings. The van der Waals surface area contributed by atoms with Crippen molar-refractivity contribution < 1.29 is 4.21 Å². The Morgan fingerprint density at radius 2 is 1.26 bits per heavy atom. The number of hydrogen-bond acceptors (Lipinski definition) is 1. The van der Waals surface area contributed by atoms with Gasteiger partial charge in [-0.15, -0.1) is 0 Å². The highest BCUT2D eigenvalue weighted by atomic mass is 32.2. The van der Waals surface area contributed by atoms with Gasteiger partial charge in [0.15, 0.2) is 0 Å². The molecule has 0 bridgehead atoms. The Morgan fingerprint density at radius 3 is 1.82 bits per heavy atom. The first kappa shape index (κ1) is 27.1. The molecular formula is C30H42NOPS. The van der Waals surface area contributed by atoms with Crippen molar-refractivity contribution in [2.24, 2.45) is 0 Å². The van der Waals surface area contributed by atoms with Gasteiger partial charge in [0.1, 0.15) is 11.0 Å². The molecule has 0 aromatic heterocycles. The first-order valence-electron chi connectivity index (χ1n) is 12.1. The smallest absolute Gasteiger partial charge is 0.100 e. The van der Waals surface area contributed by atoms with E-state index in [1.807, 2.05) is 7.05 Å². The van der Waals surface area contributed by atoms with Crippen molar-refractivity contribution >= 4 is 35.0 Å². The second kappa shape index (κ2) is 9.84. The average molecular weight is 496 g/mol. The monoisotopic (exact) mass is 495 g/mol. The average Bonchev–Trinajstić information content (AvgIpc) is 2.71. The van der Waals surface area contributed by atoms with E-state index in [4.69, 9.17) is 0 Å². The molecule has 2 nitrogen and oxygen atoms in total. The van der Waals surface area contributed by atoms with E-state index in [9.17, 15) is 4.21 Å². The first-order valence-corrected chi connectivity index (χ1v) is 14.6. The third-order valence-electron chi connectivity index (χ3n) is 6.05. The molecule has 0 N–H and O–H groups in total. The van der Waals surface area contributed by atoms with Gasteiger partial charge in [0.25, 0.3) is 0 Å². The maximum Gasteiger partial charge on any atom is 0.100 e. The molecule has 34 heavy (non-hydrogen) atoms. The number of hydrogen-bond donors (Lipinski definition) is 0. The molecule has 0 amide bonds. The van der Waals surface area contributed by atoms with Crippen molar-refractivity contribution in [2.75, 3.05) is 7.05 Å². The number of benzene rings is 3. The zero-order valence-electron chi connectivity index (χ0n) is 22.6. The molecule has 0 saturated heterocycles.